The van der Waals surface area contributed by atoms with Gasteiger partial charge in [0.15, 0.2) is 5.16 Å². The fraction of sp³-hybridized carbons (Fsp3) is 0.115. The van der Waals surface area contributed by atoms with Crippen molar-refractivity contribution in [2.24, 2.45) is 5.10 Å². The summed E-state index contributed by atoms with van der Waals surface area (Å²) in [6, 6.07) is 26.6. The maximum Gasteiger partial charge on any atom is 0.250 e. The number of nitrogens with zero attached hydrogens (tertiary/aromatic N) is 3. The summed E-state index contributed by atoms with van der Waals surface area (Å²) >= 11 is 1.42. The van der Waals surface area contributed by atoms with Crippen LogP contribution in [0.1, 0.15) is 12.5 Å². The Labute approximate surface area is 190 Å². The number of aryl methyl sites for hydroxylation is 1. The number of carbonyl (C=O) groups excluding carboxylic acids is 1. The number of amides is 1. The molecule has 1 N–H and O–H groups in total. The lowest BCUT2D eigenvalue weighted by Crippen LogP contribution is -2.20. The third kappa shape index (κ3) is 3.85. The summed E-state index contributed by atoms with van der Waals surface area (Å²) in [6.07, 6.45) is 1.74. The Balaban J connectivity index is 1.33. The standard InChI is InChI=1S/C26H22N4OS/c1-2-30-24-14-8-7-13-23(24)28-26(30)32-17-25(31)29-27-16-22-20-11-5-3-9-18(20)15-19-10-4-6-12-21(19)22/h3-16H,2,17H2,1H3,(H,29,31). The third-order valence-electron chi connectivity index (χ3n) is 5.46. The predicted molar refractivity (Wildman–Crippen MR) is 133 cm³/mol. The van der Waals surface area contributed by atoms with E-state index in [9.17, 15) is 4.79 Å². The first-order chi connectivity index (χ1) is 15.7. The van der Waals surface area contributed by atoms with Gasteiger partial charge in [0.05, 0.1) is 23.0 Å². The maximum atomic E-state index is 12.5. The van der Waals surface area contributed by atoms with Gasteiger partial charge in [-0.25, -0.2) is 10.4 Å². The van der Waals surface area contributed by atoms with Gasteiger partial charge in [-0.15, -0.1) is 0 Å². The van der Waals surface area contributed by atoms with Crippen molar-refractivity contribution in [3.8, 4) is 0 Å². The average molecular weight is 439 g/mol. The van der Waals surface area contributed by atoms with Crippen molar-refractivity contribution in [3.05, 3.63) is 84.4 Å². The van der Waals surface area contributed by atoms with E-state index in [-0.39, 0.29) is 11.7 Å². The van der Waals surface area contributed by atoms with E-state index in [1.165, 1.54) is 11.8 Å². The zero-order valence-corrected chi connectivity index (χ0v) is 18.5. The van der Waals surface area contributed by atoms with Gasteiger partial charge >= 0.3 is 0 Å². The van der Waals surface area contributed by atoms with Crippen LogP contribution in [0.2, 0.25) is 0 Å². The molecule has 1 heterocycles. The molecule has 32 heavy (non-hydrogen) atoms. The summed E-state index contributed by atoms with van der Waals surface area (Å²) in [6.45, 7) is 2.88. The first kappa shape index (κ1) is 20.3. The van der Waals surface area contributed by atoms with Crippen LogP contribution in [-0.2, 0) is 11.3 Å². The van der Waals surface area contributed by atoms with Crippen LogP contribution in [0, 0.1) is 0 Å². The molecule has 0 saturated carbocycles. The third-order valence-corrected chi connectivity index (χ3v) is 6.44. The number of benzene rings is 4. The van der Waals surface area contributed by atoms with Gasteiger partial charge in [0.2, 0.25) is 0 Å². The quantitative estimate of drug-likeness (QED) is 0.162. The number of nitrogens with one attached hydrogen (secondary N) is 1. The van der Waals surface area contributed by atoms with E-state index in [1.54, 1.807) is 6.21 Å². The monoisotopic (exact) mass is 438 g/mol. The largest absolute Gasteiger partial charge is 0.319 e. The highest BCUT2D eigenvalue weighted by Crippen LogP contribution is 2.27. The van der Waals surface area contributed by atoms with Crippen LogP contribution in [0.25, 0.3) is 32.6 Å². The van der Waals surface area contributed by atoms with E-state index in [1.807, 2.05) is 42.5 Å². The molecule has 4 aromatic carbocycles. The van der Waals surface area contributed by atoms with E-state index >= 15 is 0 Å². The molecular formula is C26H22N4OS. The van der Waals surface area contributed by atoms with Gasteiger partial charge in [-0.2, -0.15) is 5.10 Å². The van der Waals surface area contributed by atoms with Crippen molar-refractivity contribution >= 4 is 56.5 Å². The van der Waals surface area contributed by atoms with Crippen LogP contribution in [-0.4, -0.2) is 27.4 Å². The first-order valence-corrected chi connectivity index (χ1v) is 11.5. The highest BCUT2D eigenvalue weighted by molar-refractivity contribution is 7.99. The molecule has 0 unspecified atom stereocenters. The lowest BCUT2D eigenvalue weighted by molar-refractivity contribution is -0.118. The SMILES string of the molecule is CCn1c(SCC(=O)NN=Cc2c3ccccc3cc3ccccc23)nc2ccccc21. The number of hydrogen-bond acceptors (Lipinski definition) is 4. The number of hydrogen-bond donors (Lipinski definition) is 1. The van der Waals surface area contributed by atoms with Crippen molar-refractivity contribution in [3.63, 3.8) is 0 Å². The topological polar surface area (TPSA) is 59.3 Å². The molecule has 0 aliphatic carbocycles. The Morgan fingerprint density at radius 1 is 1.00 bits per heavy atom. The second-order valence-corrected chi connectivity index (χ2v) is 8.38. The number of rotatable bonds is 6. The molecule has 0 fully saturated rings. The summed E-state index contributed by atoms with van der Waals surface area (Å²) in [5.74, 6) is 0.0854. The summed E-state index contributed by atoms with van der Waals surface area (Å²) < 4.78 is 2.12. The fourth-order valence-corrected chi connectivity index (χ4v) is 4.86. The maximum absolute atomic E-state index is 12.5. The van der Waals surface area contributed by atoms with Gasteiger partial charge in [0.1, 0.15) is 0 Å². The van der Waals surface area contributed by atoms with Crippen molar-refractivity contribution in [2.45, 2.75) is 18.6 Å². The Morgan fingerprint density at radius 3 is 2.38 bits per heavy atom. The molecule has 5 aromatic rings. The smallest absolute Gasteiger partial charge is 0.250 e. The molecule has 158 valence electrons. The van der Waals surface area contributed by atoms with Crippen molar-refractivity contribution in [1.82, 2.24) is 15.0 Å². The van der Waals surface area contributed by atoms with Crippen LogP contribution < -0.4 is 5.43 Å². The molecule has 0 bridgehead atoms. The summed E-state index contributed by atoms with van der Waals surface area (Å²) in [4.78, 5) is 17.1. The van der Waals surface area contributed by atoms with Gasteiger partial charge in [-0.1, -0.05) is 72.4 Å². The second-order valence-electron chi connectivity index (χ2n) is 7.44. The number of hydrazone groups is 1. The summed E-state index contributed by atoms with van der Waals surface area (Å²) in [7, 11) is 0. The minimum absolute atomic E-state index is 0.162. The molecule has 5 rings (SSSR count). The van der Waals surface area contributed by atoms with Gasteiger partial charge in [-0.3, -0.25) is 4.79 Å². The highest BCUT2D eigenvalue weighted by Gasteiger charge is 2.11. The van der Waals surface area contributed by atoms with Gasteiger partial charge in [-0.05, 0) is 46.7 Å². The number of aromatic nitrogens is 2. The first-order valence-electron chi connectivity index (χ1n) is 10.5. The number of para-hydroxylation sites is 2. The van der Waals surface area contributed by atoms with Crippen LogP contribution >= 0.6 is 11.8 Å². The molecule has 0 atom stereocenters. The highest BCUT2D eigenvalue weighted by atomic mass is 32.2. The molecule has 0 aliphatic rings. The zero-order valence-electron chi connectivity index (χ0n) is 17.7. The Hall–Kier alpha value is -3.64. The summed E-state index contributed by atoms with van der Waals surface area (Å²) in [5.41, 5.74) is 5.70. The van der Waals surface area contributed by atoms with Crippen LogP contribution in [0.4, 0.5) is 0 Å². The molecule has 0 aliphatic heterocycles. The van der Waals surface area contributed by atoms with Crippen LogP contribution in [0.3, 0.4) is 0 Å². The normalized spacial score (nSPS) is 11.7. The number of thioether (sulfide) groups is 1. The van der Waals surface area contributed by atoms with Gasteiger partial charge in [0, 0.05) is 12.1 Å². The number of carbonyl (C=O) groups is 1. The number of imidazole rings is 1. The predicted octanol–water partition coefficient (Wildman–Crippen LogP) is 5.61. The molecule has 6 heteroatoms. The molecule has 5 nitrogen and oxygen atoms in total. The molecule has 0 spiro atoms. The van der Waals surface area contributed by atoms with Crippen LogP contribution in [0.15, 0.2) is 89.1 Å². The van der Waals surface area contributed by atoms with E-state index < -0.39 is 0 Å². The van der Waals surface area contributed by atoms with Crippen molar-refractivity contribution in [2.75, 3.05) is 5.75 Å². The van der Waals surface area contributed by atoms with Gasteiger partial charge in [0.25, 0.3) is 5.91 Å². The average Bonchev–Trinajstić information content (AvgIpc) is 3.19. The molecule has 1 aromatic heterocycles. The van der Waals surface area contributed by atoms with Crippen molar-refractivity contribution < 1.29 is 4.79 Å². The zero-order chi connectivity index (χ0) is 21.9. The van der Waals surface area contributed by atoms with Crippen LogP contribution in [0.5, 0.6) is 0 Å². The second kappa shape index (κ2) is 8.85. The minimum atomic E-state index is -0.162. The molecular weight excluding hydrogens is 416 g/mol. The van der Waals surface area contributed by atoms with E-state index in [2.05, 4.69) is 63.4 Å². The Bertz CT molecular complexity index is 1420. The van der Waals surface area contributed by atoms with Gasteiger partial charge < -0.3 is 4.57 Å². The molecule has 1 amide bonds. The molecule has 0 saturated heterocycles. The Morgan fingerprint density at radius 2 is 1.66 bits per heavy atom. The van der Waals surface area contributed by atoms with Crippen molar-refractivity contribution in [1.29, 1.82) is 0 Å². The Kier molecular flexibility index (Phi) is 5.60. The van der Waals surface area contributed by atoms with E-state index in [0.717, 1.165) is 49.8 Å². The van der Waals surface area contributed by atoms with E-state index in [0.29, 0.717) is 0 Å². The lowest BCUT2D eigenvalue weighted by atomic mass is 9.97. The lowest BCUT2D eigenvalue weighted by Gasteiger charge is -2.08. The van der Waals surface area contributed by atoms with E-state index in [4.69, 9.17) is 0 Å². The molecule has 0 radical (unpaired) electrons. The fourth-order valence-electron chi connectivity index (χ4n) is 3.99. The number of fused-ring (bicyclic) bond motifs is 3. The minimum Gasteiger partial charge on any atom is -0.319 e. The summed E-state index contributed by atoms with van der Waals surface area (Å²) in [5, 5.41) is 9.62.